The van der Waals surface area contributed by atoms with Crippen LogP contribution in [0.3, 0.4) is 0 Å². The molecule has 4 rings (SSSR count). The normalized spacial score (nSPS) is 50.9. The Morgan fingerprint density at radius 3 is 2.82 bits per heavy atom. The second kappa shape index (κ2) is 5.19. The summed E-state index contributed by atoms with van der Waals surface area (Å²) in [5.41, 5.74) is 1.63. The molecule has 3 saturated carbocycles. The summed E-state index contributed by atoms with van der Waals surface area (Å²) in [5.74, 6) is 4.05. The largest absolute Gasteiger partial charge is 0.393 e. The fourth-order valence-corrected chi connectivity index (χ4v) is 6.89. The van der Waals surface area contributed by atoms with Gasteiger partial charge in [-0.05, 0) is 79.6 Å². The quantitative estimate of drug-likeness (QED) is 0.791. The monoisotopic (exact) mass is 302 g/mol. The average Bonchev–Trinajstić information content (AvgIpc) is 2.81. The van der Waals surface area contributed by atoms with Crippen molar-refractivity contribution < 1.29 is 9.90 Å². The average molecular weight is 302 g/mol. The minimum atomic E-state index is -0.0858. The van der Waals surface area contributed by atoms with Gasteiger partial charge in [0.25, 0.3) is 0 Å². The zero-order valence-corrected chi connectivity index (χ0v) is 14.1. The fourth-order valence-electron chi connectivity index (χ4n) is 6.89. The topological polar surface area (TPSA) is 37.3 Å². The number of carbonyl (C=O) groups is 1. The number of hydrogen-bond acceptors (Lipinski definition) is 2. The van der Waals surface area contributed by atoms with Crippen LogP contribution in [0.15, 0.2) is 11.6 Å². The lowest BCUT2D eigenvalue weighted by atomic mass is 9.48. The molecule has 1 N–H and O–H groups in total. The van der Waals surface area contributed by atoms with Crippen LogP contribution in [0.1, 0.15) is 65.2 Å². The Morgan fingerprint density at radius 2 is 2.05 bits per heavy atom. The summed E-state index contributed by atoms with van der Waals surface area (Å²) in [6.07, 6.45) is 10.8. The Hall–Kier alpha value is -0.630. The van der Waals surface area contributed by atoms with Gasteiger partial charge < -0.3 is 5.11 Å². The van der Waals surface area contributed by atoms with E-state index in [1.807, 2.05) is 6.08 Å². The molecule has 122 valence electrons. The van der Waals surface area contributed by atoms with Gasteiger partial charge in [-0.2, -0.15) is 0 Å². The Balaban J connectivity index is 1.70. The number of ketones is 1. The third kappa shape index (κ3) is 1.99. The van der Waals surface area contributed by atoms with E-state index in [4.69, 9.17) is 0 Å². The highest BCUT2D eigenvalue weighted by Crippen LogP contribution is 2.63. The first-order valence-electron chi connectivity index (χ1n) is 9.46. The van der Waals surface area contributed by atoms with Gasteiger partial charge in [-0.15, -0.1) is 0 Å². The van der Waals surface area contributed by atoms with Gasteiger partial charge in [0.05, 0.1) is 6.10 Å². The highest BCUT2D eigenvalue weighted by atomic mass is 16.3. The van der Waals surface area contributed by atoms with Crippen LogP contribution < -0.4 is 0 Å². The van der Waals surface area contributed by atoms with Crippen LogP contribution in [0.5, 0.6) is 0 Å². The van der Waals surface area contributed by atoms with Crippen molar-refractivity contribution in [3.05, 3.63) is 11.6 Å². The zero-order valence-electron chi connectivity index (χ0n) is 14.1. The highest BCUT2D eigenvalue weighted by Gasteiger charge is 2.58. The van der Waals surface area contributed by atoms with Crippen molar-refractivity contribution in [1.29, 1.82) is 0 Å². The molecular weight excluding hydrogens is 272 g/mol. The maximum atomic E-state index is 11.8. The highest BCUT2D eigenvalue weighted by molar-refractivity contribution is 5.91. The summed E-state index contributed by atoms with van der Waals surface area (Å²) >= 11 is 0. The molecule has 2 heteroatoms. The van der Waals surface area contributed by atoms with E-state index in [0.717, 1.165) is 49.4 Å². The molecule has 0 bridgehead atoms. The van der Waals surface area contributed by atoms with Crippen molar-refractivity contribution in [1.82, 2.24) is 0 Å². The van der Waals surface area contributed by atoms with Crippen molar-refractivity contribution in [3.8, 4) is 0 Å². The molecule has 0 spiro atoms. The van der Waals surface area contributed by atoms with Crippen LogP contribution >= 0.6 is 0 Å². The van der Waals surface area contributed by atoms with E-state index in [9.17, 15) is 9.90 Å². The minimum absolute atomic E-state index is 0.0858. The van der Waals surface area contributed by atoms with Crippen LogP contribution in [-0.2, 0) is 4.79 Å². The van der Waals surface area contributed by atoms with E-state index < -0.39 is 0 Å². The number of aliphatic hydroxyl groups excluding tert-OH is 1. The molecular formula is C20H30O2. The SMILES string of the molecule is CC[C@H]1C[C@]2(C)[C@@H](O)CC[C@H]2[C@@H]2CCC3=CC(=O)CC[C@@H]3[C@@H]12. The van der Waals surface area contributed by atoms with Gasteiger partial charge in [0.15, 0.2) is 5.78 Å². The summed E-state index contributed by atoms with van der Waals surface area (Å²) in [5, 5.41) is 10.6. The molecule has 0 heterocycles. The van der Waals surface area contributed by atoms with E-state index in [0.29, 0.717) is 11.7 Å². The summed E-state index contributed by atoms with van der Waals surface area (Å²) in [4.78, 5) is 11.8. The van der Waals surface area contributed by atoms with Crippen LogP contribution in [0.2, 0.25) is 0 Å². The van der Waals surface area contributed by atoms with Crippen molar-refractivity contribution in [2.24, 2.45) is 35.0 Å². The molecule has 0 aromatic carbocycles. The van der Waals surface area contributed by atoms with E-state index in [1.165, 1.54) is 31.3 Å². The second-order valence-corrected chi connectivity index (χ2v) is 8.69. The van der Waals surface area contributed by atoms with Crippen molar-refractivity contribution in [2.45, 2.75) is 71.3 Å². The molecule has 4 aliphatic carbocycles. The van der Waals surface area contributed by atoms with Gasteiger partial charge in [-0.1, -0.05) is 25.8 Å². The van der Waals surface area contributed by atoms with Crippen LogP contribution in [0.4, 0.5) is 0 Å². The van der Waals surface area contributed by atoms with Gasteiger partial charge in [0.1, 0.15) is 0 Å². The van der Waals surface area contributed by atoms with Crippen molar-refractivity contribution >= 4 is 5.78 Å². The lowest BCUT2D eigenvalue weighted by Crippen LogP contribution is -2.51. The minimum Gasteiger partial charge on any atom is -0.393 e. The molecule has 3 fully saturated rings. The lowest BCUT2D eigenvalue weighted by Gasteiger charge is -2.56. The Bertz CT molecular complexity index is 508. The third-order valence-electron chi connectivity index (χ3n) is 7.90. The second-order valence-electron chi connectivity index (χ2n) is 8.69. The summed E-state index contributed by atoms with van der Waals surface area (Å²) in [6, 6.07) is 0. The molecule has 0 aliphatic heterocycles. The van der Waals surface area contributed by atoms with Crippen molar-refractivity contribution in [2.75, 3.05) is 0 Å². The number of rotatable bonds is 1. The maximum Gasteiger partial charge on any atom is 0.155 e. The van der Waals surface area contributed by atoms with E-state index >= 15 is 0 Å². The smallest absolute Gasteiger partial charge is 0.155 e. The van der Waals surface area contributed by atoms with Gasteiger partial charge in [0, 0.05) is 6.42 Å². The van der Waals surface area contributed by atoms with Crippen LogP contribution in [0.25, 0.3) is 0 Å². The summed E-state index contributed by atoms with van der Waals surface area (Å²) in [7, 11) is 0. The van der Waals surface area contributed by atoms with E-state index in [1.54, 1.807) is 0 Å². The molecule has 0 aromatic rings. The van der Waals surface area contributed by atoms with E-state index in [2.05, 4.69) is 13.8 Å². The standard InChI is InChI=1S/C20H30O2/c1-3-12-11-20(2)17(8-9-18(20)22)16-6-4-13-10-14(21)5-7-15(13)19(12)16/h10,12,15-19,22H,3-9,11H2,1-2H3/t12-,15-,16-,17-,18-,19+,20-/m0/s1. The van der Waals surface area contributed by atoms with Gasteiger partial charge in [-0.25, -0.2) is 0 Å². The molecule has 2 nitrogen and oxygen atoms in total. The number of fused-ring (bicyclic) bond motifs is 5. The van der Waals surface area contributed by atoms with Crippen LogP contribution in [0, 0.1) is 35.0 Å². The summed E-state index contributed by atoms with van der Waals surface area (Å²) < 4.78 is 0. The van der Waals surface area contributed by atoms with Gasteiger partial charge in [0.2, 0.25) is 0 Å². The first kappa shape index (κ1) is 14.9. The molecule has 0 amide bonds. The number of carbonyl (C=O) groups excluding carboxylic acids is 1. The summed E-state index contributed by atoms with van der Waals surface area (Å²) in [6.45, 7) is 4.70. The molecule has 0 radical (unpaired) electrons. The maximum absolute atomic E-state index is 11.8. The Kier molecular flexibility index (Phi) is 3.52. The lowest BCUT2D eigenvalue weighted by molar-refractivity contribution is -0.117. The van der Waals surface area contributed by atoms with Crippen LogP contribution in [-0.4, -0.2) is 17.0 Å². The van der Waals surface area contributed by atoms with E-state index in [-0.39, 0.29) is 11.5 Å². The molecule has 4 aliphatic rings. The first-order chi connectivity index (χ1) is 10.5. The Labute approximate surface area is 134 Å². The van der Waals surface area contributed by atoms with Crippen molar-refractivity contribution in [3.63, 3.8) is 0 Å². The third-order valence-corrected chi connectivity index (χ3v) is 7.90. The predicted molar refractivity (Wildman–Crippen MR) is 87.3 cm³/mol. The Morgan fingerprint density at radius 1 is 1.23 bits per heavy atom. The molecule has 7 atom stereocenters. The predicted octanol–water partition coefficient (Wildman–Crippen LogP) is 4.13. The molecule has 22 heavy (non-hydrogen) atoms. The first-order valence-corrected chi connectivity index (χ1v) is 9.46. The van der Waals surface area contributed by atoms with Gasteiger partial charge in [-0.3, -0.25) is 4.79 Å². The number of hydrogen-bond donors (Lipinski definition) is 1. The molecule has 0 aromatic heterocycles. The fraction of sp³-hybridized carbons (Fsp3) is 0.850. The van der Waals surface area contributed by atoms with Gasteiger partial charge >= 0.3 is 0 Å². The molecule has 0 unspecified atom stereocenters. The number of aliphatic hydroxyl groups is 1. The zero-order chi connectivity index (χ0) is 15.5. The molecule has 0 saturated heterocycles. The number of allylic oxidation sites excluding steroid dienone is 1.